The van der Waals surface area contributed by atoms with E-state index in [1.807, 2.05) is 24.3 Å². The van der Waals surface area contributed by atoms with E-state index in [1.54, 1.807) is 11.8 Å². The van der Waals surface area contributed by atoms with Crippen molar-refractivity contribution < 1.29 is 22.7 Å². The van der Waals surface area contributed by atoms with Crippen LogP contribution in [-0.2, 0) is 6.42 Å². The minimum absolute atomic E-state index is 0.179. The topological polar surface area (TPSA) is 84.6 Å². The Morgan fingerprint density at radius 2 is 1.80 bits per heavy atom. The maximum Gasteiger partial charge on any atom is 0.573 e. The highest BCUT2D eigenvalue weighted by Gasteiger charge is 2.31. The summed E-state index contributed by atoms with van der Waals surface area (Å²) in [5.74, 6) is 1.61. The second kappa shape index (κ2) is 13.8. The van der Waals surface area contributed by atoms with Crippen LogP contribution in [0.5, 0.6) is 5.75 Å². The Bertz CT molecular complexity index is 1650. The molecule has 0 bridgehead atoms. The summed E-state index contributed by atoms with van der Waals surface area (Å²) in [6.45, 7) is 9.80. The van der Waals surface area contributed by atoms with Gasteiger partial charge in [-0.3, -0.25) is 0 Å². The van der Waals surface area contributed by atoms with Crippen LogP contribution in [-0.4, -0.2) is 51.2 Å². The molecule has 12 heteroatoms. The van der Waals surface area contributed by atoms with Crippen molar-refractivity contribution >= 4 is 28.6 Å². The van der Waals surface area contributed by atoms with E-state index in [2.05, 4.69) is 75.9 Å². The van der Waals surface area contributed by atoms with E-state index < -0.39 is 6.36 Å². The Balaban J connectivity index is 1.14. The van der Waals surface area contributed by atoms with Gasteiger partial charge in [0.25, 0.3) is 0 Å². The molecule has 3 aromatic carbocycles. The zero-order chi connectivity index (χ0) is 32.1. The highest BCUT2D eigenvalue weighted by atomic mass is 32.2. The number of carbonyl (C=O) groups is 1. The van der Waals surface area contributed by atoms with E-state index >= 15 is 0 Å². The van der Waals surface area contributed by atoms with Crippen molar-refractivity contribution in [3.05, 3.63) is 89.7 Å². The molecule has 0 radical (unpaired) electrons. The summed E-state index contributed by atoms with van der Waals surface area (Å²) in [6.07, 6.45) is -2.48. The highest BCUT2D eigenvalue weighted by Crippen LogP contribution is 2.33. The Morgan fingerprint density at radius 1 is 1.07 bits per heavy atom. The van der Waals surface area contributed by atoms with Gasteiger partial charge in [-0.05, 0) is 72.2 Å². The number of amides is 2. The molecule has 2 amide bonds. The molecule has 1 atom stereocenters. The lowest BCUT2D eigenvalue weighted by molar-refractivity contribution is -0.274. The summed E-state index contributed by atoms with van der Waals surface area (Å²) < 4.78 is 42.7. The zero-order valence-electron chi connectivity index (χ0n) is 25.5. The minimum Gasteiger partial charge on any atom is -0.406 e. The third-order valence-electron chi connectivity index (χ3n) is 7.30. The lowest BCUT2D eigenvalue weighted by Crippen LogP contribution is -2.30. The quantitative estimate of drug-likeness (QED) is 0.202. The molecule has 236 valence electrons. The number of aryl methyl sites for hydroxylation is 1. The van der Waals surface area contributed by atoms with E-state index in [0.29, 0.717) is 24.0 Å². The first-order chi connectivity index (χ1) is 21.4. The average molecular weight is 637 g/mol. The maximum atomic E-state index is 12.8. The van der Waals surface area contributed by atoms with Crippen molar-refractivity contribution in [2.24, 2.45) is 10.9 Å². The Kier molecular flexibility index (Phi) is 9.81. The van der Waals surface area contributed by atoms with Crippen molar-refractivity contribution in [2.75, 3.05) is 23.7 Å². The SMILES string of the molecule is Cc1ccc(C(C)C)c(N2CCS/C2=N\C(=O)NCC(C)Cc2ccc(-c3ncn(-c4ccc(OC(F)(F)F)cc4)n3)cc2)c1. The van der Waals surface area contributed by atoms with Crippen LogP contribution in [0, 0.1) is 12.8 Å². The number of aliphatic imine (C=N–C) groups is 1. The highest BCUT2D eigenvalue weighted by molar-refractivity contribution is 8.14. The molecular weight excluding hydrogens is 601 g/mol. The van der Waals surface area contributed by atoms with E-state index in [1.165, 1.54) is 46.4 Å². The molecule has 5 rings (SSSR count). The van der Waals surface area contributed by atoms with Gasteiger partial charge in [0.1, 0.15) is 12.1 Å². The molecule has 1 saturated heterocycles. The number of nitrogens with one attached hydrogen (secondary N) is 1. The van der Waals surface area contributed by atoms with E-state index in [0.717, 1.165) is 40.7 Å². The maximum absolute atomic E-state index is 12.8. The van der Waals surface area contributed by atoms with E-state index in [9.17, 15) is 18.0 Å². The van der Waals surface area contributed by atoms with Gasteiger partial charge in [0.05, 0.1) is 5.69 Å². The number of ether oxygens (including phenoxy) is 1. The van der Waals surface area contributed by atoms with Gasteiger partial charge in [0, 0.05) is 30.1 Å². The van der Waals surface area contributed by atoms with Crippen LogP contribution >= 0.6 is 11.8 Å². The number of carbonyl (C=O) groups excluding carboxylic acids is 1. The van der Waals surface area contributed by atoms with Crippen LogP contribution in [0.3, 0.4) is 0 Å². The molecule has 4 aromatic rings. The minimum atomic E-state index is -4.74. The summed E-state index contributed by atoms with van der Waals surface area (Å²) in [5, 5.41) is 8.15. The molecule has 1 aromatic heterocycles. The molecule has 0 saturated carbocycles. The summed E-state index contributed by atoms with van der Waals surface area (Å²) >= 11 is 1.60. The number of urea groups is 1. The molecule has 1 N–H and O–H groups in total. The molecule has 8 nitrogen and oxygen atoms in total. The summed E-state index contributed by atoms with van der Waals surface area (Å²) in [5.41, 5.74) is 6.00. The van der Waals surface area contributed by atoms with Crippen molar-refractivity contribution in [1.29, 1.82) is 0 Å². The van der Waals surface area contributed by atoms with Gasteiger partial charge >= 0.3 is 12.4 Å². The first-order valence-corrected chi connectivity index (χ1v) is 15.7. The predicted octanol–water partition coefficient (Wildman–Crippen LogP) is 7.76. The molecule has 45 heavy (non-hydrogen) atoms. The number of aromatic nitrogens is 3. The van der Waals surface area contributed by atoms with Crippen molar-refractivity contribution in [2.45, 2.75) is 46.4 Å². The molecule has 0 aliphatic carbocycles. The molecule has 2 heterocycles. The van der Waals surface area contributed by atoms with Gasteiger partial charge in [-0.25, -0.2) is 14.5 Å². The lowest BCUT2D eigenvalue weighted by atomic mass is 9.99. The average Bonchev–Trinajstić information content (AvgIpc) is 3.66. The van der Waals surface area contributed by atoms with Gasteiger partial charge < -0.3 is 15.0 Å². The number of amidine groups is 1. The first kappa shape index (κ1) is 32.1. The molecule has 0 spiro atoms. The number of benzene rings is 3. The Labute approximate surface area is 264 Å². The van der Waals surface area contributed by atoms with Crippen LogP contribution in [0.1, 0.15) is 43.4 Å². The van der Waals surface area contributed by atoms with E-state index in [4.69, 9.17) is 0 Å². The number of thioether (sulfide) groups is 1. The lowest BCUT2D eigenvalue weighted by Gasteiger charge is -2.23. The molecular formula is C33H35F3N6O2S. The fourth-order valence-electron chi connectivity index (χ4n) is 5.07. The van der Waals surface area contributed by atoms with Crippen LogP contribution in [0.2, 0.25) is 0 Å². The van der Waals surface area contributed by atoms with E-state index in [-0.39, 0.29) is 17.7 Å². The van der Waals surface area contributed by atoms with Gasteiger partial charge in [0.15, 0.2) is 11.0 Å². The largest absolute Gasteiger partial charge is 0.573 e. The van der Waals surface area contributed by atoms with Crippen molar-refractivity contribution in [3.63, 3.8) is 0 Å². The van der Waals surface area contributed by atoms with Crippen LogP contribution in [0.4, 0.5) is 23.7 Å². The molecule has 1 fully saturated rings. The predicted molar refractivity (Wildman–Crippen MR) is 172 cm³/mol. The molecule has 1 aliphatic heterocycles. The number of hydrogen-bond donors (Lipinski definition) is 1. The third-order valence-corrected chi connectivity index (χ3v) is 8.25. The number of anilines is 1. The first-order valence-electron chi connectivity index (χ1n) is 14.7. The van der Waals surface area contributed by atoms with Gasteiger partial charge in [-0.1, -0.05) is 68.9 Å². The van der Waals surface area contributed by atoms with Gasteiger partial charge in [0.2, 0.25) is 0 Å². The third kappa shape index (κ3) is 8.44. The normalized spacial score (nSPS) is 15.1. The van der Waals surface area contributed by atoms with Crippen LogP contribution in [0.25, 0.3) is 17.1 Å². The number of halogens is 3. The van der Waals surface area contributed by atoms with Gasteiger partial charge in [-0.15, -0.1) is 18.3 Å². The van der Waals surface area contributed by atoms with Crippen molar-refractivity contribution in [1.82, 2.24) is 20.1 Å². The monoisotopic (exact) mass is 636 g/mol. The van der Waals surface area contributed by atoms with Crippen LogP contribution in [0.15, 0.2) is 78.0 Å². The zero-order valence-corrected chi connectivity index (χ0v) is 26.3. The fourth-order valence-corrected chi connectivity index (χ4v) is 6.02. The standard InChI is InChI=1S/C33H35F3N6O2S/c1-21(2)28-14-5-22(3)18-29(28)41-15-16-45-32(41)39-31(43)37-19-23(4)17-24-6-8-25(9-7-24)30-38-20-42(40-30)26-10-12-27(13-11-26)44-33(34,35)36/h5-14,18,20-21,23H,15-17,19H2,1-4H3,(H,37,43)/b39-32-. The fraction of sp³-hybridized carbons (Fsp3) is 0.333. The van der Waals surface area contributed by atoms with Gasteiger partial charge in [-0.2, -0.15) is 4.99 Å². The molecule has 1 unspecified atom stereocenters. The second-order valence-corrected chi connectivity index (χ2v) is 12.4. The molecule has 1 aliphatic rings. The number of hydrogen-bond acceptors (Lipinski definition) is 5. The smallest absolute Gasteiger partial charge is 0.406 e. The summed E-state index contributed by atoms with van der Waals surface area (Å²) in [4.78, 5) is 23.7. The number of alkyl halides is 3. The van der Waals surface area contributed by atoms with Crippen LogP contribution < -0.4 is 15.0 Å². The van der Waals surface area contributed by atoms with Crippen molar-refractivity contribution in [3.8, 4) is 22.8 Å². The number of nitrogens with zero attached hydrogens (tertiary/aromatic N) is 5. The summed E-state index contributed by atoms with van der Waals surface area (Å²) in [6, 6.07) is 19.4. The second-order valence-electron chi connectivity index (χ2n) is 11.4. The summed E-state index contributed by atoms with van der Waals surface area (Å²) in [7, 11) is 0. The Hall–Kier alpha value is -4.32. The Morgan fingerprint density at radius 3 is 2.49 bits per heavy atom. The number of rotatable bonds is 9.